The molecule has 90 valence electrons. The molecule has 0 aromatic carbocycles. The molecule has 1 aromatic rings. The Morgan fingerprint density at radius 3 is 2.88 bits per heavy atom. The van der Waals surface area contributed by atoms with E-state index in [1.807, 2.05) is 13.0 Å². The molecule has 0 atom stereocenters. The van der Waals surface area contributed by atoms with Gasteiger partial charge in [0, 0.05) is 25.5 Å². The second kappa shape index (κ2) is 6.37. The van der Waals surface area contributed by atoms with Gasteiger partial charge in [-0.3, -0.25) is 4.98 Å². The van der Waals surface area contributed by atoms with Crippen LogP contribution < -0.4 is 10.2 Å². The summed E-state index contributed by atoms with van der Waals surface area (Å²) in [5, 5.41) is 3.14. The average Bonchev–Trinajstić information content (AvgIpc) is 2.26. The zero-order valence-electron chi connectivity index (χ0n) is 9.58. The van der Waals surface area contributed by atoms with E-state index in [2.05, 4.69) is 10.3 Å². The second-order valence-electron chi connectivity index (χ2n) is 3.56. The summed E-state index contributed by atoms with van der Waals surface area (Å²) in [5.74, 6) is 0. The van der Waals surface area contributed by atoms with Crippen molar-refractivity contribution in [2.75, 3.05) is 25.0 Å². The van der Waals surface area contributed by atoms with Gasteiger partial charge in [-0.15, -0.1) is 0 Å². The molecule has 0 unspecified atom stereocenters. The highest BCUT2D eigenvalue weighted by molar-refractivity contribution is 5.45. The van der Waals surface area contributed by atoms with Crippen LogP contribution in [0, 0.1) is 0 Å². The lowest BCUT2D eigenvalue weighted by atomic mass is 10.3. The van der Waals surface area contributed by atoms with Crippen molar-refractivity contribution >= 4 is 5.69 Å². The normalized spacial score (nSPS) is 10.8. The maximum Gasteiger partial charge on any atom is 0.255 e. The summed E-state index contributed by atoms with van der Waals surface area (Å²) in [7, 11) is 1.65. The SMILES string of the molecule is CCNCc1cc(N(C)CC(F)F)ccn1. The molecule has 0 aliphatic rings. The first-order valence-electron chi connectivity index (χ1n) is 5.28. The highest BCUT2D eigenvalue weighted by Crippen LogP contribution is 2.14. The van der Waals surface area contributed by atoms with Crippen molar-refractivity contribution in [2.45, 2.75) is 19.9 Å². The topological polar surface area (TPSA) is 28.2 Å². The predicted octanol–water partition coefficient (Wildman–Crippen LogP) is 1.89. The Morgan fingerprint density at radius 1 is 1.50 bits per heavy atom. The molecule has 0 fully saturated rings. The van der Waals surface area contributed by atoms with Crippen LogP contribution in [0.1, 0.15) is 12.6 Å². The van der Waals surface area contributed by atoms with Gasteiger partial charge in [0.1, 0.15) is 0 Å². The highest BCUT2D eigenvalue weighted by Gasteiger charge is 2.08. The minimum Gasteiger partial charge on any atom is -0.369 e. The third-order valence-electron chi connectivity index (χ3n) is 2.21. The van der Waals surface area contributed by atoms with E-state index >= 15 is 0 Å². The molecule has 0 spiro atoms. The molecule has 1 rings (SSSR count). The van der Waals surface area contributed by atoms with Gasteiger partial charge in [-0.2, -0.15) is 0 Å². The third kappa shape index (κ3) is 4.10. The molecule has 0 saturated carbocycles. The molecular weight excluding hydrogens is 212 g/mol. The van der Waals surface area contributed by atoms with E-state index in [0.717, 1.165) is 17.9 Å². The first-order valence-corrected chi connectivity index (χ1v) is 5.28. The Morgan fingerprint density at radius 2 is 2.25 bits per heavy atom. The van der Waals surface area contributed by atoms with Crippen LogP contribution in [-0.2, 0) is 6.54 Å². The van der Waals surface area contributed by atoms with Gasteiger partial charge in [0.25, 0.3) is 6.43 Å². The Labute approximate surface area is 94.5 Å². The fourth-order valence-electron chi connectivity index (χ4n) is 1.37. The molecule has 1 heterocycles. The van der Waals surface area contributed by atoms with Crippen LogP contribution in [0.25, 0.3) is 0 Å². The summed E-state index contributed by atoms with van der Waals surface area (Å²) in [6.45, 7) is 3.27. The quantitative estimate of drug-likeness (QED) is 0.807. The lowest BCUT2D eigenvalue weighted by Gasteiger charge is -2.19. The standard InChI is InChI=1S/C11H17F2N3/c1-3-14-7-9-6-10(4-5-15-9)16(2)8-11(12)13/h4-6,11,14H,3,7-8H2,1-2H3. The minimum atomic E-state index is -2.32. The van der Waals surface area contributed by atoms with Gasteiger partial charge in [0.05, 0.1) is 12.2 Å². The molecule has 0 saturated heterocycles. The monoisotopic (exact) mass is 229 g/mol. The minimum absolute atomic E-state index is 0.259. The number of nitrogens with zero attached hydrogens (tertiary/aromatic N) is 2. The molecule has 3 nitrogen and oxygen atoms in total. The summed E-state index contributed by atoms with van der Waals surface area (Å²) >= 11 is 0. The second-order valence-corrected chi connectivity index (χ2v) is 3.56. The van der Waals surface area contributed by atoms with Crippen molar-refractivity contribution in [3.05, 3.63) is 24.0 Å². The van der Waals surface area contributed by atoms with E-state index in [-0.39, 0.29) is 6.54 Å². The number of nitrogens with one attached hydrogen (secondary N) is 1. The number of hydrogen-bond acceptors (Lipinski definition) is 3. The number of rotatable bonds is 6. The first-order chi connectivity index (χ1) is 7.63. The van der Waals surface area contributed by atoms with Gasteiger partial charge in [0.2, 0.25) is 0 Å². The summed E-state index contributed by atoms with van der Waals surface area (Å²) in [6, 6.07) is 3.56. The molecule has 0 aliphatic carbocycles. The Kier molecular flexibility index (Phi) is 5.11. The molecule has 16 heavy (non-hydrogen) atoms. The van der Waals surface area contributed by atoms with E-state index in [9.17, 15) is 8.78 Å². The number of hydrogen-bond donors (Lipinski definition) is 1. The van der Waals surface area contributed by atoms with E-state index < -0.39 is 6.43 Å². The number of halogens is 2. The number of anilines is 1. The Hall–Kier alpha value is -1.23. The molecule has 0 aliphatic heterocycles. The molecule has 0 radical (unpaired) electrons. The van der Waals surface area contributed by atoms with Crippen molar-refractivity contribution < 1.29 is 8.78 Å². The van der Waals surface area contributed by atoms with E-state index in [4.69, 9.17) is 0 Å². The van der Waals surface area contributed by atoms with E-state index in [1.165, 1.54) is 4.90 Å². The van der Waals surface area contributed by atoms with Crippen LogP contribution in [0.4, 0.5) is 14.5 Å². The van der Waals surface area contributed by atoms with Gasteiger partial charge < -0.3 is 10.2 Å². The van der Waals surface area contributed by atoms with Crippen LogP contribution in [0.15, 0.2) is 18.3 Å². The maximum atomic E-state index is 12.2. The van der Waals surface area contributed by atoms with E-state index in [0.29, 0.717) is 6.54 Å². The fourth-order valence-corrected chi connectivity index (χ4v) is 1.37. The van der Waals surface area contributed by atoms with Crippen molar-refractivity contribution in [1.82, 2.24) is 10.3 Å². The highest BCUT2D eigenvalue weighted by atomic mass is 19.3. The summed E-state index contributed by atoms with van der Waals surface area (Å²) in [6.07, 6.45) is -0.681. The van der Waals surface area contributed by atoms with Crippen molar-refractivity contribution in [2.24, 2.45) is 0 Å². The zero-order valence-corrected chi connectivity index (χ0v) is 9.58. The van der Waals surface area contributed by atoms with Crippen LogP contribution >= 0.6 is 0 Å². The van der Waals surface area contributed by atoms with Gasteiger partial charge in [-0.1, -0.05) is 6.92 Å². The van der Waals surface area contributed by atoms with E-state index in [1.54, 1.807) is 19.3 Å². The number of pyridine rings is 1. The van der Waals surface area contributed by atoms with Crippen LogP contribution in [-0.4, -0.2) is 31.5 Å². The third-order valence-corrected chi connectivity index (χ3v) is 2.21. The summed E-state index contributed by atoms with van der Waals surface area (Å²) in [4.78, 5) is 5.69. The van der Waals surface area contributed by atoms with Crippen molar-refractivity contribution in [1.29, 1.82) is 0 Å². The zero-order chi connectivity index (χ0) is 12.0. The number of alkyl halides is 2. The van der Waals surface area contributed by atoms with Crippen molar-refractivity contribution in [3.8, 4) is 0 Å². The lowest BCUT2D eigenvalue weighted by Crippen LogP contribution is -2.24. The predicted molar refractivity (Wildman–Crippen MR) is 60.9 cm³/mol. The summed E-state index contributed by atoms with van der Waals surface area (Å²) < 4.78 is 24.4. The molecule has 1 aromatic heterocycles. The van der Waals surface area contributed by atoms with Crippen LogP contribution in [0.5, 0.6) is 0 Å². The average molecular weight is 229 g/mol. The Balaban J connectivity index is 2.65. The van der Waals surface area contributed by atoms with Gasteiger partial charge in [0.15, 0.2) is 0 Å². The van der Waals surface area contributed by atoms with Crippen LogP contribution in [0.3, 0.4) is 0 Å². The Bertz CT molecular complexity index is 318. The first kappa shape index (κ1) is 12.8. The lowest BCUT2D eigenvalue weighted by molar-refractivity contribution is 0.156. The van der Waals surface area contributed by atoms with Gasteiger partial charge >= 0.3 is 0 Å². The maximum absolute atomic E-state index is 12.2. The molecule has 0 amide bonds. The van der Waals surface area contributed by atoms with Crippen molar-refractivity contribution in [3.63, 3.8) is 0 Å². The molecule has 1 N–H and O–H groups in total. The smallest absolute Gasteiger partial charge is 0.255 e. The molecule has 0 bridgehead atoms. The van der Waals surface area contributed by atoms with Crippen LogP contribution in [0.2, 0.25) is 0 Å². The molecular formula is C11H17F2N3. The summed E-state index contributed by atoms with van der Waals surface area (Å²) in [5.41, 5.74) is 1.63. The van der Waals surface area contributed by atoms with Gasteiger partial charge in [-0.05, 0) is 18.7 Å². The number of aromatic nitrogens is 1. The largest absolute Gasteiger partial charge is 0.369 e. The fraction of sp³-hybridized carbons (Fsp3) is 0.545. The molecule has 5 heteroatoms. The van der Waals surface area contributed by atoms with Gasteiger partial charge in [-0.25, -0.2) is 8.78 Å².